The number of hydrogen-bond donors (Lipinski definition) is 2. The zero-order valence-corrected chi connectivity index (χ0v) is 23.3. The van der Waals surface area contributed by atoms with Gasteiger partial charge in [-0.05, 0) is 69.5 Å². The fourth-order valence-electron chi connectivity index (χ4n) is 5.20. The molecule has 1 aromatic heterocycles. The number of benzene rings is 1. The highest BCUT2D eigenvalue weighted by Crippen LogP contribution is 2.32. The Balaban J connectivity index is 1.45. The number of carbonyl (C=O) groups excluding carboxylic acids is 2. The summed E-state index contributed by atoms with van der Waals surface area (Å²) in [4.78, 5) is 33.8. The highest BCUT2D eigenvalue weighted by molar-refractivity contribution is 7.90. The highest BCUT2D eigenvalue weighted by atomic mass is 32.2. The van der Waals surface area contributed by atoms with Crippen molar-refractivity contribution in [2.24, 2.45) is 5.92 Å². The number of anilines is 2. The molecule has 218 valence electrons. The second-order valence-electron chi connectivity index (χ2n) is 10.7. The van der Waals surface area contributed by atoms with Gasteiger partial charge in [-0.3, -0.25) is 9.59 Å². The predicted molar refractivity (Wildman–Crippen MR) is 145 cm³/mol. The van der Waals surface area contributed by atoms with Gasteiger partial charge in [-0.1, -0.05) is 6.07 Å². The number of likely N-dealkylation sites (tertiary alicyclic amines) is 1. The average Bonchev–Trinajstić information content (AvgIpc) is 2.88. The van der Waals surface area contributed by atoms with E-state index >= 15 is 0 Å². The van der Waals surface area contributed by atoms with Crippen LogP contribution in [0.15, 0.2) is 41.4 Å². The van der Waals surface area contributed by atoms with Crippen LogP contribution < -0.4 is 15.5 Å². The number of piperidine rings is 2. The van der Waals surface area contributed by atoms with E-state index in [9.17, 15) is 31.2 Å². The van der Waals surface area contributed by atoms with E-state index in [0.29, 0.717) is 38.2 Å². The number of nitrogens with one attached hydrogen (secondary N) is 2. The monoisotopic (exact) mass is 581 g/mol. The van der Waals surface area contributed by atoms with E-state index in [1.54, 1.807) is 0 Å². The minimum atomic E-state index is -4.62. The number of aromatic nitrogens is 1. The Bertz CT molecular complexity index is 1340. The van der Waals surface area contributed by atoms with Gasteiger partial charge in [0.25, 0.3) is 5.91 Å². The number of amides is 2. The van der Waals surface area contributed by atoms with Gasteiger partial charge in [0.15, 0.2) is 15.7 Å². The summed E-state index contributed by atoms with van der Waals surface area (Å²) in [7, 11) is -1.62. The van der Waals surface area contributed by atoms with Gasteiger partial charge in [0.1, 0.15) is 0 Å². The number of sulfone groups is 1. The number of hydrogen-bond acceptors (Lipinski definition) is 7. The number of alkyl halides is 3. The summed E-state index contributed by atoms with van der Waals surface area (Å²) < 4.78 is 63.8. The summed E-state index contributed by atoms with van der Waals surface area (Å²) in [5.74, 6) is -0.306. The Hall–Kier alpha value is -3.19. The first-order chi connectivity index (χ1) is 18.8. The van der Waals surface area contributed by atoms with E-state index in [2.05, 4.69) is 20.5 Å². The molecule has 2 saturated heterocycles. The lowest BCUT2D eigenvalue weighted by Crippen LogP contribution is -2.47. The molecule has 2 aromatic rings. The van der Waals surface area contributed by atoms with Crippen LogP contribution in [0.4, 0.5) is 24.7 Å². The Morgan fingerprint density at radius 3 is 2.48 bits per heavy atom. The lowest BCUT2D eigenvalue weighted by atomic mass is 9.92. The minimum absolute atomic E-state index is 0.0309. The molecule has 1 aromatic carbocycles. The van der Waals surface area contributed by atoms with E-state index in [0.717, 1.165) is 50.4 Å². The molecule has 1 atom stereocenters. The van der Waals surface area contributed by atoms with Gasteiger partial charge in [-0.2, -0.15) is 13.2 Å². The Morgan fingerprint density at radius 2 is 1.82 bits per heavy atom. The maximum absolute atomic E-state index is 13.2. The van der Waals surface area contributed by atoms with Crippen LogP contribution in [0.5, 0.6) is 0 Å². The topological polar surface area (TPSA) is 112 Å². The lowest BCUT2D eigenvalue weighted by molar-refractivity contribution is -0.137. The van der Waals surface area contributed by atoms with E-state index < -0.39 is 27.5 Å². The van der Waals surface area contributed by atoms with E-state index in [-0.39, 0.29) is 34.0 Å². The Kier molecular flexibility index (Phi) is 9.03. The van der Waals surface area contributed by atoms with Crippen molar-refractivity contribution in [1.29, 1.82) is 0 Å². The van der Waals surface area contributed by atoms with E-state index in [1.807, 2.05) is 11.9 Å². The second-order valence-corrected chi connectivity index (χ2v) is 12.7. The molecule has 2 aliphatic heterocycles. The Morgan fingerprint density at radius 1 is 1.10 bits per heavy atom. The van der Waals surface area contributed by atoms with Crippen LogP contribution in [0.25, 0.3) is 0 Å². The van der Waals surface area contributed by atoms with Gasteiger partial charge < -0.3 is 20.4 Å². The molecule has 4 rings (SSSR count). The quantitative estimate of drug-likeness (QED) is 0.514. The van der Waals surface area contributed by atoms with Crippen molar-refractivity contribution >= 4 is 33.2 Å². The first-order valence-electron chi connectivity index (χ1n) is 13.2. The molecule has 0 saturated carbocycles. The molecule has 2 N–H and O–H groups in total. The molecule has 1 unspecified atom stereocenters. The van der Waals surface area contributed by atoms with Gasteiger partial charge >= 0.3 is 6.18 Å². The third-order valence-corrected chi connectivity index (χ3v) is 8.43. The maximum Gasteiger partial charge on any atom is 0.416 e. The molecule has 0 aliphatic carbocycles. The number of rotatable bonds is 7. The van der Waals surface area contributed by atoms with Crippen LogP contribution in [0.1, 0.15) is 48.0 Å². The van der Waals surface area contributed by atoms with Crippen LogP contribution in [-0.4, -0.2) is 75.6 Å². The predicted octanol–water partition coefficient (Wildman–Crippen LogP) is 3.57. The third-order valence-electron chi connectivity index (χ3n) is 7.35. The van der Waals surface area contributed by atoms with Gasteiger partial charge in [-0.25, -0.2) is 13.4 Å². The number of nitrogens with zero attached hydrogens (tertiary/aromatic N) is 3. The van der Waals surface area contributed by atoms with Gasteiger partial charge in [0.05, 0.1) is 16.1 Å². The van der Waals surface area contributed by atoms with Crippen molar-refractivity contribution in [3.8, 4) is 0 Å². The van der Waals surface area contributed by atoms with Crippen LogP contribution in [0.2, 0.25) is 0 Å². The SMILES string of the molecule is CN1CCCC(NC(=O)CC2CCN(c3ncc(S(C)(=O)=O)cc3NC(=O)c3cccc(C(F)(F)F)c3)CC2)C1. The molecule has 2 aliphatic rings. The number of likely N-dealkylation sites (N-methyl/N-ethyl adjacent to an activating group) is 1. The van der Waals surface area contributed by atoms with Crippen molar-refractivity contribution < 1.29 is 31.2 Å². The van der Waals surface area contributed by atoms with Gasteiger partial charge in [0.2, 0.25) is 5.91 Å². The third kappa shape index (κ3) is 7.72. The summed E-state index contributed by atoms with van der Waals surface area (Å²) in [6.07, 6.45) is 1.40. The molecule has 3 heterocycles. The fraction of sp³-hybridized carbons (Fsp3) is 0.519. The average molecular weight is 582 g/mol. The lowest BCUT2D eigenvalue weighted by Gasteiger charge is -2.34. The molecule has 40 heavy (non-hydrogen) atoms. The van der Waals surface area contributed by atoms with Crippen molar-refractivity contribution in [3.05, 3.63) is 47.7 Å². The van der Waals surface area contributed by atoms with E-state index in [1.165, 1.54) is 18.3 Å². The van der Waals surface area contributed by atoms with Crippen LogP contribution in [0, 0.1) is 5.92 Å². The summed E-state index contributed by atoms with van der Waals surface area (Å²) in [6, 6.07) is 5.42. The normalized spacial score (nSPS) is 19.3. The summed E-state index contributed by atoms with van der Waals surface area (Å²) >= 11 is 0. The number of pyridine rings is 1. The second kappa shape index (κ2) is 12.1. The highest BCUT2D eigenvalue weighted by Gasteiger charge is 2.31. The standard InChI is InChI=1S/C27H34F3N5O4S/c1-34-10-4-7-21(17-34)32-24(36)13-18-8-11-35(12-9-18)25-23(15-22(16-31-25)40(2,38)39)33-26(37)19-5-3-6-20(14-19)27(28,29)30/h3,5-6,14-16,18,21H,4,7-13,17H2,1-2H3,(H,32,36)(H,33,37). The molecule has 0 bridgehead atoms. The maximum atomic E-state index is 13.2. The minimum Gasteiger partial charge on any atom is -0.355 e. The van der Waals surface area contributed by atoms with Crippen molar-refractivity contribution in [2.75, 3.05) is 49.7 Å². The smallest absolute Gasteiger partial charge is 0.355 e. The van der Waals surface area contributed by atoms with E-state index in [4.69, 9.17) is 0 Å². The molecule has 0 spiro atoms. The van der Waals surface area contributed by atoms with Crippen molar-refractivity contribution in [1.82, 2.24) is 15.2 Å². The summed E-state index contributed by atoms with van der Waals surface area (Å²) in [6.45, 7) is 2.91. The molecule has 9 nitrogen and oxygen atoms in total. The fourth-order valence-corrected chi connectivity index (χ4v) is 5.77. The van der Waals surface area contributed by atoms with Crippen molar-refractivity contribution in [3.63, 3.8) is 0 Å². The number of halogens is 3. The molecule has 13 heteroatoms. The Labute approximate surface area is 232 Å². The van der Waals surface area contributed by atoms with Crippen molar-refractivity contribution in [2.45, 2.75) is 49.2 Å². The largest absolute Gasteiger partial charge is 0.416 e. The molecular formula is C27H34F3N5O4S. The molecule has 0 radical (unpaired) electrons. The molecular weight excluding hydrogens is 547 g/mol. The first-order valence-corrected chi connectivity index (χ1v) is 15.1. The first kappa shape index (κ1) is 29.8. The van der Waals surface area contributed by atoms with Crippen LogP contribution >= 0.6 is 0 Å². The van der Waals surface area contributed by atoms with Gasteiger partial charge in [0, 0.05) is 50.1 Å². The molecule has 2 fully saturated rings. The van der Waals surface area contributed by atoms with Crippen LogP contribution in [-0.2, 0) is 20.8 Å². The van der Waals surface area contributed by atoms with Gasteiger partial charge in [-0.15, -0.1) is 0 Å². The number of carbonyl (C=O) groups is 2. The summed E-state index contributed by atoms with van der Waals surface area (Å²) in [5.41, 5.74) is -1.10. The zero-order chi connectivity index (χ0) is 29.1. The zero-order valence-electron chi connectivity index (χ0n) is 22.5. The summed E-state index contributed by atoms with van der Waals surface area (Å²) in [5, 5.41) is 5.70. The van der Waals surface area contributed by atoms with Crippen LogP contribution in [0.3, 0.4) is 0 Å². The molecule has 2 amide bonds.